The fourth-order valence-corrected chi connectivity index (χ4v) is 2.37. The number of nitrogens with zero attached hydrogens (tertiary/aromatic N) is 4. The SMILES string of the molecule is CCOC(=O)c1nc2ccccn2c1N=Nc1cccc(NC(C)=O)c1. The van der Waals surface area contributed by atoms with Crippen LogP contribution in [0.1, 0.15) is 24.3 Å². The van der Waals surface area contributed by atoms with Crippen molar-refractivity contribution in [3.8, 4) is 0 Å². The van der Waals surface area contributed by atoms with Crippen LogP contribution in [0.4, 0.5) is 17.2 Å². The molecule has 0 saturated heterocycles. The maximum absolute atomic E-state index is 12.2. The zero-order valence-corrected chi connectivity index (χ0v) is 14.3. The van der Waals surface area contributed by atoms with Crippen molar-refractivity contribution < 1.29 is 14.3 Å². The minimum absolute atomic E-state index is 0.0971. The Morgan fingerprint density at radius 2 is 2.04 bits per heavy atom. The van der Waals surface area contributed by atoms with Crippen LogP contribution in [0.15, 0.2) is 58.9 Å². The molecule has 3 rings (SSSR count). The number of nitrogens with one attached hydrogen (secondary N) is 1. The molecule has 0 bridgehead atoms. The van der Waals surface area contributed by atoms with Crippen LogP contribution in [0.3, 0.4) is 0 Å². The van der Waals surface area contributed by atoms with Crippen molar-refractivity contribution in [1.29, 1.82) is 0 Å². The van der Waals surface area contributed by atoms with E-state index in [2.05, 4.69) is 20.5 Å². The fourth-order valence-electron chi connectivity index (χ4n) is 2.37. The Kier molecular flexibility index (Phi) is 5.02. The molecule has 0 aliphatic rings. The van der Waals surface area contributed by atoms with Gasteiger partial charge in [-0.05, 0) is 37.3 Å². The Balaban J connectivity index is 1.99. The molecule has 2 heterocycles. The lowest BCUT2D eigenvalue weighted by atomic mass is 10.3. The number of hydrogen-bond acceptors (Lipinski definition) is 6. The summed E-state index contributed by atoms with van der Waals surface area (Å²) in [6.07, 6.45) is 1.74. The lowest BCUT2D eigenvalue weighted by Gasteiger charge is -2.02. The third-order valence-electron chi connectivity index (χ3n) is 3.40. The molecule has 0 radical (unpaired) electrons. The Hall–Kier alpha value is -3.55. The third-order valence-corrected chi connectivity index (χ3v) is 3.40. The van der Waals surface area contributed by atoms with Gasteiger partial charge in [0, 0.05) is 18.8 Å². The molecular formula is C18H17N5O3. The number of hydrogen-bond donors (Lipinski definition) is 1. The van der Waals surface area contributed by atoms with Gasteiger partial charge in [-0.1, -0.05) is 12.1 Å². The topological polar surface area (TPSA) is 97.4 Å². The summed E-state index contributed by atoms with van der Waals surface area (Å²) in [5, 5.41) is 11.1. The number of pyridine rings is 1. The molecule has 26 heavy (non-hydrogen) atoms. The lowest BCUT2D eigenvalue weighted by Crippen LogP contribution is -2.05. The maximum Gasteiger partial charge on any atom is 0.360 e. The van der Waals surface area contributed by atoms with Gasteiger partial charge in [0.25, 0.3) is 0 Å². The summed E-state index contributed by atoms with van der Waals surface area (Å²) in [5.41, 5.74) is 1.80. The minimum atomic E-state index is -0.558. The van der Waals surface area contributed by atoms with Crippen LogP contribution < -0.4 is 5.32 Å². The summed E-state index contributed by atoms with van der Waals surface area (Å²) in [7, 11) is 0. The average Bonchev–Trinajstić information content (AvgIpc) is 2.99. The highest BCUT2D eigenvalue weighted by Crippen LogP contribution is 2.26. The van der Waals surface area contributed by atoms with Crippen molar-refractivity contribution in [2.45, 2.75) is 13.8 Å². The van der Waals surface area contributed by atoms with Gasteiger partial charge in [0.2, 0.25) is 5.91 Å². The van der Waals surface area contributed by atoms with Crippen molar-refractivity contribution in [3.63, 3.8) is 0 Å². The van der Waals surface area contributed by atoms with Crippen LogP contribution >= 0.6 is 0 Å². The van der Waals surface area contributed by atoms with Crippen molar-refractivity contribution in [1.82, 2.24) is 9.38 Å². The van der Waals surface area contributed by atoms with E-state index in [0.29, 0.717) is 17.0 Å². The second-order valence-corrected chi connectivity index (χ2v) is 5.36. The Morgan fingerprint density at radius 1 is 1.19 bits per heavy atom. The molecule has 1 N–H and O–H groups in total. The predicted molar refractivity (Wildman–Crippen MR) is 96.1 cm³/mol. The molecule has 132 valence electrons. The van der Waals surface area contributed by atoms with E-state index in [-0.39, 0.29) is 24.0 Å². The summed E-state index contributed by atoms with van der Waals surface area (Å²) < 4.78 is 6.71. The molecule has 0 fully saturated rings. The smallest absolute Gasteiger partial charge is 0.360 e. The van der Waals surface area contributed by atoms with Crippen LogP contribution in [-0.4, -0.2) is 27.9 Å². The monoisotopic (exact) mass is 351 g/mol. The minimum Gasteiger partial charge on any atom is -0.461 e. The standard InChI is InChI=1S/C18H17N5O3/c1-3-26-18(25)16-17(23-10-5-4-9-15(23)20-16)22-21-14-8-6-7-13(11-14)19-12(2)24/h4-11H,3H2,1-2H3,(H,19,24). The number of ether oxygens (including phenoxy) is 1. The van der Waals surface area contributed by atoms with E-state index >= 15 is 0 Å². The molecule has 8 nitrogen and oxygen atoms in total. The van der Waals surface area contributed by atoms with Gasteiger partial charge in [0.05, 0.1) is 12.3 Å². The number of imidazole rings is 1. The quantitative estimate of drug-likeness (QED) is 0.557. The van der Waals surface area contributed by atoms with Crippen molar-refractivity contribution in [2.24, 2.45) is 10.2 Å². The van der Waals surface area contributed by atoms with Gasteiger partial charge < -0.3 is 10.1 Å². The average molecular weight is 351 g/mol. The van der Waals surface area contributed by atoms with Gasteiger partial charge in [0.15, 0.2) is 11.5 Å². The molecule has 0 atom stereocenters. The number of amides is 1. The predicted octanol–water partition coefficient (Wildman–Crippen LogP) is 3.88. The molecule has 0 aliphatic carbocycles. The van der Waals surface area contributed by atoms with Crippen LogP contribution in [0.25, 0.3) is 5.65 Å². The molecule has 0 spiro atoms. The van der Waals surface area contributed by atoms with E-state index < -0.39 is 5.97 Å². The third kappa shape index (κ3) is 3.75. The van der Waals surface area contributed by atoms with Crippen molar-refractivity contribution in [2.75, 3.05) is 11.9 Å². The van der Waals surface area contributed by atoms with Gasteiger partial charge in [-0.15, -0.1) is 10.2 Å². The lowest BCUT2D eigenvalue weighted by molar-refractivity contribution is -0.114. The molecule has 0 unspecified atom stereocenters. The summed E-state index contributed by atoms with van der Waals surface area (Å²) in [6, 6.07) is 12.3. The van der Waals surface area contributed by atoms with E-state index in [1.54, 1.807) is 53.9 Å². The Bertz CT molecular complexity index is 993. The number of carbonyl (C=O) groups excluding carboxylic acids is 2. The molecule has 2 aromatic heterocycles. The number of carbonyl (C=O) groups is 2. The van der Waals surface area contributed by atoms with Gasteiger partial charge in [0.1, 0.15) is 5.65 Å². The van der Waals surface area contributed by atoms with Gasteiger partial charge >= 0.3 is 5.97 Å². The number of aromatic nitrogens is 2. The first-order valence-electron chi connectivity index (χ1n) is 8.02. The number of azo groups is 1. The number of rotatable bonds is 5. The normalized spacial score (nSPS) is 11.0. The highest BCUT2D eigenvalue weighted by Gasteiger charge is 2.20. The second kappa shape index (κ2) is 7.56. The molecule has 0 saturated carbocycles. The number of benzene rings is 1. The molecular weight excluding hydrogens is 334 g/mol. The van der Waals surface area contributed by atoms with Crippen molar-refractivity contribution in [3.05, 3.63) is 54.4 Å². The largest absolute Gasteiger partial charge is 0.461 e. The first-order valence-corrected chi connectivity index (χ1v) is 8.02. The van der Waals surface area contributed by atoms with E-state index in [9.17, 15) is 9.59 Å². The van der Waals surface area contributed by atoms with E-state index in [0.717, 1.165) is 0 Å². The van der Waals surface area contributed by atoms with Crippen LogP contribution in [-0.2, 0) is 9.53 Å². The summed E-state index contributed by atoms with van der Waals surface area (Å²) in [4.78, 5) is 27.6. The van der Waals surface area contributed by atoms with E-state index in [4.69, 9.17) is 4.74 Å². The summed E-state index contributed by atoms with van der Waals surface area (Å²) >= 11 is 0. The molecule has 3 aromatic rings. The number of fused-ring (bicyclic) bond motifs is 1. The molecule has 0 aliphatic heterocycles. The fraction of sp³-hybridized carbons (Fsp3) is 0.167. The second-order valence-electron chi connectivity index (χ2n) is 5.36. The molecule has 8 heteroatoms. The maximum atomic E-state index is 12.2. The van der Waals surface area contributed by atoms with E-state index in [1.165, 1.54) is 6.92 Å². The Labute approximate surface area is 149 Å². The Morgan fingerprint density at radius 3 is 2.81 bits per heavy atom. The zero-order valence-electron chi connectivity index (χ0n) is 14.3. The number of anilines is 1. The molecule has 1 amide bonds. The van der Waals surface area contributed by atoms with Gasteiger partial charge in [-0.2, -0.15) is 0 Å². The summed E-state index contributed by atoms with van der Waals surface area (Å²) in [6.45, 7) is 3.39. The van der Waals surface area contributed by atoms with E-state index in [1.807, 2.05) is 6.07 Å². The summed E-state index contributed by atoms with van der Waals surface area (Å²) in [5.74, 6) is -0.452. The molecule has 1 aromatic carbocycles. The first kappa shape index (κ1) is 17.3. The zero-order chi connectivity index (χ0) is 18.5. The van der Waals surface area contributed by atoms with Gasteiger partial charge in [-0.3, -0.25) is 9.20 Å². The highest BCUT2D eigenvalue weighted by atomic mass is 16.5. The highest BCUT2D eigenvalue weighted by molar-refractivity contribution is 5.93. The van der Waals surface area contributed by atoms with Crippen molar-refractivity contribution >= 4 is 34.7 Å². The van der Waals surface area contributed by atoms with Crippen LogP contribution in [0.2, 0.25) is 0 Å². The van der Waals surface area contributed by atoms with Gasteiger partial charge in [-0.25, -0.2) is 9.78 Å². The van der Waals surface area contributed by atoms with Crippen LogP contribution in [0.5, 0.6) is 0 Å². The number of esters is 1. The first-order chi connectivity index (χ1) is 12.6. The van der Waals surface area contributed by atoms with Crippen LogP contribution in [0, 0.1) is 0 Å².